The Labute approximate surface area is 89.4 Å². The second-order valence-electron chi connectivity index (χ2n) is 3.36. The molecule has 1 heterocycles. The number of unbranched alkanes of at least 4 members (excludes halogenated alkanes) is 1. The van der Waals surface area contributed by atoms with E-state index in [4.69, 9.17) is 0 Å². The molecule has 1 aromatic carbocycles. The zero-order chi connectivity index (χ0) is 9.80. The van der Waals surface area contributed by atoms with E-state index in [1.165, 1.54) is 11.9 Å². The lowest BCUT2D eigenvalue weighted by Crippen LogP contribution is -1.95. The Bertz CT molecular complexity index is 408. The van der Waals surface area contributed by atoms with E-state index in [9.17, 15) is 0 Å². The van der Waals surface area contributed by atoms with Gasteiger partial charge in [-0.15, -0.1) is 0 Å². The van der Waals surface area contributed by atoms with Crippen LogP contribution in [0.5, 0.6) is 0 Å². The fraction of sp³-hybridized carbons (Fsp3) is 0.364. The van der Waals surface area contributed by atoms with Crippen LogP contribution in [0.15, 0.2) is 30.6 Å². The summed E-state index contributed by atoms with van der Waals surface area (Å²) in [5.41, 5.74) is 2.31. The van der Waals surface area contributed by atoms with E-state index in [1.54, 1.807) is 0 Å². The third-order valence-corrected chi connectivity index (χ3v) is 2.65. The van der Waals surface area contributed by atoms with Crippen LogP contribution < -0.4 is 0 Å². The highest BCUT2D eigenvalue weighted by Crippen LogP contribution is 2.12. The molecule has 0 atom stereocenters. The zero-order valence-corrected chi connectivity index (χ0v) is 8.95. The van der Waals surface area contributed by atoms with Gasteiger partial charge in [0.15, 0.2) is 0 Å². The smallest absolute Gasteiger partial charge is 0.0958 e. The van der Waals surface area contributed by atoms with Crippen molar-refractivity contribution >= 4 is 23.7 Å². The van der Waals surface area contributed by atoms with Gasteiger partial charge < -0.3 is 4.57 Å². The normalized spacial score (nSPS) is 10.9. The average Bonchev–Trinajstić information content (AvgIpc) is 2.63. The van der Waals surface area contributed by atoms with Crippen LogP contribution in [-0.2, 0) is 6.54 Å². The molecule has 2 nitrogen and oxygen atoms in total. The number of hydrogen-bond donors (Lipinski definition) is 1. The van der Waals surface area contributed by atoms with Crippen LogP contribution in [-0.4, -0.2) is 15.3 Å². The van der Waals surface area contributed by atoms with Crippen molar-refractivity contribution in [3.63, 3.8) is 0 Å². The Balaban J connectivity index is 2.17. The number of hydrogen-bond acceptors (Lipinski definition) is 2. The summed E-state index contributed by atoms with van der Waals surface area (Å²) >= 11 is 4.20. The Hall–Kier alpha value is -0.960. The molecule has 1 aromatic heterocycles. The monoisotopic (exact) mass is 206 g/mol. The van der Waals surface area contributed by atoms with Crippen LogP contribution >= 0.6 is 12.6 Å². The van der Waals surface area contributed by atoms with E-state index < -0.39 is 0 Å². The van der Waals surface area contributed by atoms with Crippen molar-refractivity contribution in [3.05, 3.63) is 30.6 Å². The van der Waals surface area contributed by atoms with Crippen LogP contribution in [0.3, 0.4) is 0 Å². The Morgan fingerprint density at radius 1 is 1.21 bits per heavy atom. The molecule has 0 amide bonds. The Morgan fingerprint density at radius 3 is 2.93 bits per heavy atom. The summed E-state index contributed by atoms with van der Waals surface area (Å²) in [7, 11) is 0. The lowest BCUT2D eigenvalue weighted by molar-refractivity contribution is 0.649. The first-order valence-corrected chi connectivity index (χ1v) is 5.56. The summed E-state index contributed by atoms with van der Waals surface area (Å²) in [6, 6.07) is 8.24. The summed E-state index contributed by atoms with van der Waals surface area (Å²) in [5.74, 6) is 0.965. The predicted molar refractivity (Wildman–Crippen MR) is 62.8 cm³/mol. The molecular weight excluding hydrogens is 192 g/mol. The van der Waals surface area contributed by atoms with Gasteiger partial charge in [0, 0.05) is 6.54 Å². The highest BCUT2D eigenvalue weighted by Gasteiger charge is 1.99. The maximum Gasteiger partial charge on any atom is 0.0958 e. The number of para-hydroxylation sites is 2. The molecular formula is C11H14N2S. The Kier molecular flexibility index (Phi) is 3.09. The van der Waals surface area contributed by atoms with Crippen LogP contribution in [0.2, 0.25) is 0 Å². The summed E-state index contributed by atoms with van der Waals surface area (Å²) in [5, 5.41) is 0. The number of nitrogens with zero attached hydrogens (tertiary/aromatic N) is 2. The van der Waals surface area contributed by atoms with E-state index in [2.05, 4.69) is 34.3 Å². The molecule has 0 aliphatic carbocycles. The summed E-state index contributed by atoms with van der Waals surface area (Å²) in [6.07, 6.45) is 4.25. The van der Waals surface area contributed by atoms with Crippen molar-refractivity contribution in [2.24, 2.45) is 0 Å². The van der Waals surface area contributed by atoms with Crippen molar-refractivity contribution < 1.29 is 0 Å². The molecule has 0 N–H and O–H groups in total. The summed E-state index contributed by atoms with van der Waals surface area (Å²) in [4.78, 5) is 4.34. The van der Waals surface area contributed by atoms with Crippen molar-refractivity contribution in [2.45, 2.75) is 19.4 Å². The minimum Gasteiger partial charge on any atom is -0.331 e. The van der Waals surface area contributed by atoms with Gasteiger partial charge in [-0.3, -0.25) is 0 Å². The molecule has 14 heavy (non-hydrogen) atoms. The van der Waals surface area contributed by atoms with Gasteiger partial charge in [0.25, 0.3) is 0 Å². The molecule has 3 heteroatoms. The lowest BCUT2D eigenvalue weighted by atomic mass is 10.3. The third-order valence-electron chi connectivity index (χ3n) is 2.33. The van der Waals surface area contributed by atoms with E-state index in [0.717, 1.165) is 24.2 Å². The predicted octanol–water partition coefficient (Wildman–Crippen LogP) is 2.75. The first kappa shape index (κ1) is 9.59. The number of fused-ring (bicyclic) bond motifs is 1. The van der Waals surface area contributed by atoms with Crippen LogP contribution in [0, 0.1) is 0 Å². The van der Waals surface area contributed by atoms with Gasteiger partial charge in [-0.2, -0.15) is 12.6 Å². The van der Waals surface area contributed by atoms with Crippen molar-refractivity contribution in [1.29, 1.82) is 0 Å². The topological polar surface area (TPSA) is 17.8 Å². The van der Waals surface area contributed by atoms with E-state index in [-0.39, 0.29) is 0 Å². The summed E-state index contributed by atoms with van der Waals surface area (Å²) < 4.78 is 2.21. The van der Waals surface area contributed by atoms with Gasteiger partial charge >= 0.3 is 0 Å². The number of thiol groups is 1. The molecule has 2 aromatic rings. The second-order valence-corrected chi connectivity index (χ2v) is 3.80. The quantitative estimate of drug-likeness (QED) is 0.601. The fourth-order valence-corrected chi connectivity index (χ4v) is 1.81. The average molecular weight is 206 g/mol. The maximum absolute atomic E-state index is 4.34. The molecule has 0 fully saturated rings. The first-order chi connectivity index (χ1) is 6.92. The third kappa shape index (κ3) is 1.93. The lowest BCUT2D eigenvalue weighted by Gasteiger charge is -2.02. The van der Waals surface area contributed by atoms with Crippen LogP contribution in [0.4, 0.5) is 0 Å². The maximum atomic E-state index is 4.34. The van der Waals surface area contributed by atoms with E-state index in [0.29, 0.717) is 0 Å². The second kappa shape index (κ2) is 4.51. The van der Waals surface area contributed by atoms with Crippen molar-refractivity contribution in [2.75, 3.05) is 5.75 Å². The van der Waals surface area contributed by atoms with Gasteiger partial charge in [0.05, 0.1) is 17.4 Å². The van der Waals surface area contributed by atoms with Gasteiger partial charge in [0.1, 0.15) is 0 Å². The van der Waals surface area contributed by atoms with Crippen molar-refractivity contribution in [3.8, 4) is 0 Å². The minimum absolute atomic E-state index is 0.965. The number of imidazole rings is 1. The van der Waals surface area contributed by atoms with Crippen molar-refractivity contribution in [1.82, 2.24) is 9.55 Å². The molecule has 0 aliphatic heterocycles. The van der Waals surface area contributed by atoms with Gasteiger partial charge in [-0.25, -0.2) is 4.98 Å². The Morgan fingerprint density at radius 2 is 2.07 bits per heavy atom. The van der Waals surface area contributed by atoms with Crippen LogP contribution in [0.25, 0.3) is 11.0 Å². The molecule has 0 saturated heterocycles. The van der Waals surface area contributed by atoms with E-state index in [1.807, 2.05) is 18.5 Å². The van der Waals surface area contributed by atoms with Gasteiger partial charge in [-0.05, 0) is 30.7 Å². The molecule has 0 radical (unpaired) electrons. The highest BCUT2D eigenvalue weighted by atomic mass is 32.1. The molecule has 2 rings (SSSR count). The molecule has 0 spiro atoms. The minimum atomic E-state index is 0.965. The number of aromatic nitrogens is 2. The molecule has 0 aliphatic rings. The van der Waals surface area contributed by atoms with Gasteiger partial charge in [0.2, 0.25) is 0 Å². The molecule has 0 unspecified atom stereocenters. The zero-order valence-electron chi connectivity index (χ0n) is 8.06. The molecule has 0 saturated carbocycles. The SMILES string of the molecule is SCCCCn1cnc2ccccc21. The fourth-order valence-electron chi connectivity index (χ4n) is 1.58. The first-order valence-electron chi connectivity index (χ1n) is 4.92. The molecule has 74 valence electrons. The van der Waals surface area contributed by atoms with E-state index >= 15 is 0 Å². The number of rotatable bonds is 4. The number of aryl methyl sites for hydroxylation is 1. The van der Waals surface area contributed by atoms with Gasteiger partial charge in [-0.1, -0.05) is 12.1 Å². The number of benzene rings is 1. The summed E-state index contributed by atoms with van der Waals surface area (Å²) in [6.45, 7) is 1.04. The highest BCUT2D eigenvalue weighted by molar-refractivity contribution is 7.80. The standard InChI is InChI=1S/C11H14N2S/c14-8-4-3-7-13-9-12-10-5-1-2-6-11(10)13/h1-2,5-6,9,14H,3-4,7-8H2. The molecule has 0 bridgehead atoms. The van der Waals surface area contributed by atoms with Crippen LogP contribution in [0.1, 0.15) is 12.8 Å². The largest absolute Gasteiger partial charge is 0.331 e.